The van der Waals surface area contributed by atoms with E-state index in [-0.39, 0.29) is 10.6 Å². The first-order valence-electron chi connectivity index (χ1n) is 18.0. The van der Waals surface area contributed by atoms with Crippen LogP contribution >= 0.6 is 23.2 Å². The summed E-state index contributed by atoms with van der Waals surface area (Å²) < 4.78 is 2.47. The number of aromatic nitrogens is 4. The van der Waals surface area contributed by atoms with Crippen LogP contribution < -0.4 is 0 Å². The largest absolute Gasteiger partial charge is 0.308 e. The van der Waals surface area contributed by atoms with E-state index >= 15 is 0 Å². The highest BCUT2D eigenvalue weighted by Crippen LogP contribution is 2.63. The third kappa shape index (κ3) is 3.86. The molecule has 2 aliphatic rings. The van der Waals surface area contributed by atoms with Crippen LogP contribution in [-0.4, -0.2) is 19.5 Å². The lowest BCUT2D eigenvalue weighted by molar-refractivity contribution is 0.772. The molecule has 1 aliphatic carbocycles. The summed E-state index contributed by atoms with van der Waals surface area (Å²) in [7, 11) is 0. The summed E-state index contributed by atoms with van der Waals surface area (Å²) in [5, 5.41) is 7.35. The predicted octanol–water partition coefficient (Wildman–Crippen LogP) is 12.6. The van der Waals surface area contributed by atoms with E-state index in [9.17, 15) is 0 Å². The van der Waals surface area contributed by atoms with Crippen molar-refractivity contribution in [2.24, 2.45) is 0 Å². The lowest BCUT2D eigenvalue weighted by Crippen LogP contribution is -2.28. The van der Waals surface area contributed by atoms with Gasteiger partial charge in [-0.2, -0.15) is 15.0 Å². The molecule has 0 saturated heterocycles. The summed E-state index contributed by atoms with van der Waals surface area (Å²) in [4.78, 5) is 13.5. The highest BCUT2D eigenvalue weighted by atomic mass is 35.5. The van der Waals surface area contributed by atoms with E-state index in [2.05, 4.69) is 177 Å². The Kier molecular flexibility index (Phi) is 6.07. The molecular formula is C48H26Cl2N4. The minimum absolute atomic E-state index is 0.0568. The Hall–Kier alpha value is -6.33. The van der Waals surface area contributed by atoms with Crippen molar-refractivity contribution in [3.63, 3.8) is 0 Å². The van der Waals surface area contributed by atoms with Crippen molar-refractivity contribution in [1.82, 2.24) is 19.5 Å². The number of halogens is 2. The Morgan fingerprint density at radius 2 is 1.04 bits per heavy atom. The number of benzene rings is 8. The maximum atomic E-state index is 6.49. The van der Waals surface area contributed by atoms with Crippen molar-refractivity contribution in [2.45, 2.75) is 5.41 Å². The molecule has 0 radical (unpaired) electrons. The van der Waals surface area contributed by atoms with Crippen molar-refractivity contribution in [3.8, 4) is 39.3 Å². The molecule has 0 unspecified atom stereocenters. The molecule has 0 spiro atoms. The molecule has 0 saturated carbocycles. The summed E-state index contributed by atoms with van der Waals surface area (Å²) in [5.74, 6) is 0.437. The number of para-hydroxylation sites is 2. The van der Waals surface area contributed by atoms with E-state index in [0.717, 1.165) is 33.5 Å². The van der Waals surface area contributed by atoms with Gasteiger partial charge in [-0.3, -0.25) is 0 Å². The van der Waals surface area contributed by atoms with Crippen LogP contribution in [0.2, 0.25) is 10.6 Å². The van der Waals surface area contributed by atoms with Gasteiger partial charge in [0, 0.05) is 33.0 Å². The molecule has 12 rings (SSSR count). The fraction of sp³-hybridized carbons (Fsp3) is 0.0208. The molecule has 2 aromatic heterocycles. The molecule has 54 heavy (non-hydrogen) atoms. The van der Waals surface area contributed by atoms with Gasteiger partial charge < -0.3 is 4.57 Å². The number of rotatable bonds is 3. The molecule has 0 atom stereocenters. The van der Waals surface area contributed by atoms with Crippen molar-refractivity contribution < 1.29 is 0 Å². The summed E-state index contributed by atoms with van der Waals surface area (Å²) in [5.41, 5.74) is 12.9. The highest BCUT2D eigenvalue weighted by Gasteiger charge is 2.50. The van der Waals surface area contributed by atoms with Gasteiger partial charge in [-0.25, -0.2) is 0 Å². The fourth-order valence-electron chi connectivity index (χ4n) is 9.62. The van der Waals surface area contributed by atoms with Gasteiger partial charge >= 0.3 is 0 Å². The maximum Gasteiger partial charge on any atom is 0.227 e. The number of nitrogens with zero attached hydrogens (tertiary/aromatic N) is 4. The van der Waals surface area contributed by atoms with E-state index in [1.807, 2.05) is 0 Å². The zero-order valence-electron chi connectivity index (χ0n) is 28.6. The molecule has 0 amide bonds. The minimum Gasteiger partial charge on any atom is -0.308 e. The second-order valence-electron chi connectivity index (χ2n) is 14.2. The van der Waals surface area contributed by atoms with Gasteiger partial charge in [0.25, 0.3) is 0 Å². The van der Waals surface area contributed by atoms with Crippen LogP contribution in [0.25, 0.3) is 82.7 Å². The van der Waals surface area contributed by atoms with Gasteiger partial charge in [-0.05, 0) is 96.8 Å². The van der Waals surface area contributed by atoms with Crippen LogP contribution in [0, 0.1) is 0 Å². The molecule has 3 heterocycles. The topological polar surface area (TPSA) is 43.6 Å². The molecular weight excluding hydrogens is 703 g/mol. The van der Waals surface area contributed by atoms with E-state index < -0.39 is 5.41 Å². The van der Waals surface area contributed by atoms with E-state index in [1.54, 1.807) is 0 Å². The zero-order valence-corrected chi connectivity index (χ0v) is 30.1. The molecule has 252 valence electrons. The molecule has 1 aliphatic heterocycles. The fourth-order valence-corrected chi connectivity index (χ4v) is 9.98. The number of fused-ring (bicyclic) bond motifs is 8. The van der Waals surface area contributed by atoms with Gasteiger partial charge in [0.2, 0.25) is 10.6 Å². The van der Waals surface area contributed by atoms with Crippen LogP contribution in [0.4, 0.5) is 0 Å². The first-order valence-corrected chi connectivity index (χ1v) is 18.8. The van der Waals surface area contributed by atoms with Gasteiger partial charge in [-0.15, -0.1) is 0 Å². The van der Waals surface area contributed by atoms with Crippen LogP contribution in [0.3, 0.4) is 0 Å². The van der Waals surface area contributed by atoms with Crippen molar-refractivity contribution >= 4 is 66.6 Å². The minimum atomic E-state index is -0.678. The molecule has 0 bridgehead atoms. The van der Waals surface area contributed by atoms with Crippen LogP contribution in [0.5, 0.6) is 0 Å². The Morgan fingerprint density at radius 3 is 1.76 bits per heavy atom. The molecule has 10 aromatic rings. The molecule has 6 heteroatoms. The summed E-state index contributed by atoms with van der Waals surface area (Å²) >= 11 is 13.0. The average molecular weight is 730 g/mol. The number of hydrogen-bond donors (Lipinski definition) is 0. The second kappa shape index (κ2) is 10.9. The molecule has 0 fully saturated rings. The molecule has 4 nitrogen and oxygen atoms in total. The van der Waals surface area contributed by atoms with Crippen molar-refractivity contribution in [2.75, 3.05) is 0 Å². The SMILES string of the molecule is Clc1nc(Cl)nc(-c2ccc3c4c2-c2ccccc2-n2c5ccccc5c5ccc(c-4c52)C3(c2ccc3ccccc3c2)c2ccc3ccccc3c2)n1. The van der Waals surface area contributed by atoms with E-state index in [0.29, 0.717) is 5.82 Å². The zero-order chi connectivity index (χ0) is 35.7. The first kappa shape index (κ1) is 30.2. The summed E-state index contributed by atoms with van der Waals surface area (Å²) in [6.07, 6.45) is 0. The van der Waals surface area contributed by atoms with Gasteiger partial charge in [0.1, 0.15) is 0 Å². The lowest BCUT2D eigenvalue weighted by atomic mass is 9.66. The second-order valence-corrected chi connectivity index (χ2v) is 14.9. The third-order valence-electron chi connectivity index (χ3n) is 11.7. The molecule has 8 aromatic carbocycles. The Morgan fingerprint density at radius 1 is 0.444 bits per heavy atom. The lowest BCUT2D eigenvalue weighted by Gasteiger charge is -2.35. The van der Waals surface area contributed by atoms with E-state index in [1.165, 1.54) is 65.7 Å². The quantitative estimate of drug-likeness (QED) is 0.182. The molecule has 0 N–H and O–H groups in total. The third-order valence-corrected chi connectivity index (χ3v) is 12.0. The van der Waals surface area contributed by atoms with Gasteiger partial charge in [-0.1, -0.05) is 133 Å². The standard InChI is InChI=1S/C48H26Cl2N4/c49-46-51-45(52-47(50)53-46)36-22-24-37-42-41(36)35-14-6-8-16-40(35)54-39-15-7-5-13-33(39)34-21-23-38(43(42)44(34)54)48(37,31-19-17-27-9-1-3-11-29(27)25-31)32-20-18-28-10-2-4-12-30(28)26-32/h1-26H. The van der Waals surface area contributed by atoms with Gasteiger partial charge in [0.05, 0.1) is 22.1 Å². The summed E-state index contributed by atoms with van der Waals surface area (Å²) in [6, 6.07) is 57.8. The Balaban J connectivity index is 1.34. The van der Waals surface area contributed by atoms with Crippen LogP contribution in [0.15, 0.2) is 158 Å². The normalized spacial score (nSPS) is 13.5. The van der Waals surface area contributed by atoms with Crippen LogP contribution in [0.1, 0.15) is 22.3 Å². The first-order chi connectivity index (χ1) is 26.6. The monoisotopic (exact) mass is 728 g/mol. The van der Waals surface area contributed by atoms with Crippen molar-refractivity contribution in [1.29, 1.82) is 0 Å². The Bertz CT molecular complexity index is 3170. The predicted molar refractivity (Wildman–Crippen MR) is 221 cm³/mol. The number of hydrogen-bond acceptors (Lipinski definition) is 3. The smallest absolute Gasteiger partial charge is 0.227 e. The van der Waals surface area contributed by atoms with Gasteiger partial charge in [0.15, 0.2) is 5.82 Å². The average Bonchev–Trinajstić information content (AvgIpc) is 3.66. The van der Waals surface area contributed by atoms with Crippen molar-refractivity contribution in [3.05, 3.63) is 191 Å². The van der Waals surface area contributed by atoms with E-state index in [4.69, 9.17) is 23.2 Å². The maximum absolute atomic E-state index is 6.49. The summed E-state index contributed by atoms with van der Waals surface area (Å²) in [6.45, 7) is 0. The Labute approximate surface area is 319 Å². The van der Waals surface area contributed by atoms with Crippen LogP contribution in [-0.2, 0) is 5.41 Å². The highest BCUT2D eigenvalue weighted by molar-refractivity contribution is 6.31.